The number of thiazole rings is 1. The number of hydrogen-bond donors (Lipinski definition) is 1. The zero-order chi connectivity index (χ0) is 16.2. The van der Waals surface area contributed by atoms with E-state index in [0.29, 0.717) is 12.8 Å². The molecular weight excluding hydrogens is 314 g/mol. The smallest absolute Gasteiger partial charge is 0.227 e. The molecule has 0 atom stereocenters. The Hall–Kier alpha value is -1.96. The first-order valence-corrected chi connectivity index (χ1v) is 8.65. The van der Waals surface area contributed by atoms with Crippen LogP contribution < -0.4 is 10.2 Å². The number of amides is 2. The van der Waals surface area contributed by atoms with Gasteiger partial charge < -0.3 is 4.90 Å². The second-order valence-corrected chi connectivity index (χ2v) is 7.65. The largest absolute Gasteiger partial charge is 0.348 e. The molecule has 0 bridgehead atoms. The first kappa shape index (κ1) is 14.6. The van der Waals surface area contributed by atoms with Crippen LogP contribution in [0.4, 0.5) is 5.13 Å². The Morgan fingerprint density at radius 1 is 1.17 bits per heavy atom. The summed E-state index contributed by atoms with van der Waals surface area (Å²) in [5.41, 5.74) is 1.79. The molecule has 2 aliphatic rings. The van der Waals surface area contributed by atoms with Crippen molar-refractivity contribution in [3.8, 4) is 0 Å². The summed E-state index contributed by atoms with van der Waals surface area (Å²) in [5.74, 6) is -0.257. The lowest BCUT2D eigenvalue weighted by Gasteiger charge is -2.42. The molecule has 4 rings (SSSR count). The van der Waals surface area contributed by atoms with Crippen molar-refractivity contribution in [3.63, 3.8) is 0 Å². The van der Waals surface area contributed by atoms with Crippen molar-refractivity contribution in [2.45, 2.75) is 32.6 Å². The lowest BCUT2D eigenvalue weighted by molar-refractivity contribution is -0.138. The van der Waals surface area contributed by atoms with Crippen molar-refractivity contribution in [3.05, 3.63) is 5.69 Å². The van der Waals surface area contributed by atoms with Gasteiger partial charge in [-0.1, -0.05) is 11.3 Å². The molecule has 0 aromatic carbocycles. The molecule has 2 aromatic rings. The first-order valence-electron chi connectivity index (χ1n) is 7.84. The average Bonchev–Trinajstić information content (AvgIpc) is 3.01. The van der Waals surface area contributed by atoms with Crippen LogP contribution in [0.15, 0.2) is 0 Å². The minimum Gasteiger partial charge on any atom is -0.348 e. The Labute approximate surface area is 137 Å². The van der Waals surface area contributed by atoms with E-state index in [1.807, 2.05) is 18.7 Å². The minimum atomic E-state index is -0.149. The van der Waals surface area contributed by atoms with Gasteiger partial charge in [-0.25, -0.2) is 9.67 Å². The molecule has 0 aliphatic carbocycles. The number of anilines is 1. The Morgan fingerprint density at radius 2 is 1.83 bits per heavy atom. The molecule has 7 nitrogen and oxygen atoms in total. The molecule has 23 heavy (non-hydrogen) atoms. The maximum absolute atomic E-state index is 11.7. The van der Waals surface area contributed by atoms with Crippen LogP contribution in [-0.4, -0.2) is 39.7 Å². The summed E-state index contributed by atoms with van der Waals surface area (Å²) in [4.78, 5) is 30.4. The van der Waals surface area contributed by atoms with Crippen molar-refractivity contribution in [1.82, 2.24) is 20.1 Å². The number of hydrogen-bond acceptors (Lipinski definition) is 6. The molecule has 1 N–H and O–H groups in total. The zero-order valence-corrected chi connectivity index (χ0v) is 14.1. The number of fused-ring (bicyclic) bond motifs is 1. The second kappa shape index (κ2) is 5.02. The van der Waals surface area contributed by atoms with Crippen LogP contribution in [0.2, 0.25) is 0 Å². The van der Waals surface area contributed by atoms with Crippen molar-refractivity contribution >= 4 is 38.6 Å². The van der Waals surface area contributed by atoms with E-state index in [1.165, 1.54) is 0 Å². The fourth-order valence-electron chi connectivity index (χ4n) is 3.72. The summed E-state index contributed by atoms with van der Waals surface area (Å²) in [6.45, 7) is 3.68. The highest BCUT2D eigenvalue weighted by atomic mass is 32.1. The van der Waals surface area contributed by atoms with Gasteiger partial charge >= 0.3 is 0 Å². The number of aryl methyl sites for hydroxylation is 2. The number of piperidine rings is 2. The van der Waals surface area contributed by atoms with Crippen molar-refractivity contribution < 1.29 is 9.59 Å². The zero-order valence-electron chi connectivity index (χ0n) is 13.3. The molecule has 4 heterocycles. The standard InChI is InChI=1S/C15H19N5O2S/c1-9-12-13(19(2)18-9)17-14(23-12)20-5-3-15(4-6-20)7-10(21)16-11(22)8-15/h3-8H2,1-2H3,(H,16,21,22). The predicted molar refractivity (Wildman–Crippen MR) is 87.4 cm³/mol. The van der Waals surface area contributed by atoms with Crippen LogP contribution >= 0.6 is 11.3 Å². The molecule has 2 fully saturated rings. The summed E-state index contributed by atoms with van der Waals surface area (Å²) < 4.78 is 2.95. The van der Waals surface area contributed by atoms with E-state index >= 15 is 0 Å². The normalized spacial score (nSPS) is 21.2. The lowest BCUT2D eigenvalue weighted by atomic mass is 9.71. The van der Waals surface area contributed by atoms with Crippen LogP contribution in [0.25, 0.3) is 10.3 Å². The van der Waals surface area contributed by atoms with E-state index in [-0.39, 0.29) is 17.2 Å². The van der Waals surface area contributed by atoms with E-state index in [1.54, 1.807) is 11.3 Å². The van der Waals surface area contributed by atoms with Crippen molar-refractivity contribution in [1.29, 1.82) is 0 Å². The topological polar surface area (TPSA) is 80.1 Å². The van der Waals surface area contributed by atoms with Crippen LogP contribution in [-0.2, 0) is 16.6 Å². The van der Waals surface area contributed by atoms with Crippen LogP contribution in [0, 0.1) is 12.3 Å². The number of nitrogens with one attached hydrogen (secondary N) is 1. The van der Waals surface area contributed by atoms with Crippen molar-refractivity contribution in [2.75, 3.05) is 18.0 Å². The van der Waals surface area contributed by atoms with Gasteiger partial charge in [0.05, 0.1) is 10.4 Å². The lowest BCUT2D eigenvalue weighted by Crippen LogP contribution is -2.50. The third-order valence-corrected chi connectivity index (χ3v) is 6.19. The fourth-order valence-corrected chi connectivity index (χ4v) is 4.81. The van der Waals surface area contributed by atoms with Gasteiger partial charge in [0.2, 0.25) is 11.8 Å². The van der Waals surface area contributed by atoms with Gasteiger partial charge in [0.25, 0.3) is 0 Å². The number of nitrogens with zero attached hydrogens (tertiary/aromatic N) is 4. The minimum absolute atomic E-state index is 0.128. The number of carbonyl (C=O) groups is 2. The molecule has 2 amide bonds. The van der Waals surface area contributed by atoms with Gasteiger partial charge in [0, 0.05) is 33.0 Å². The van der Waals surface area contributed by atoms with Crippen LogP contribution in [0.5, 0.6) is 0 Å². The van der Waals surface area contributed by atoms with Crippen LogP contribution in [0.3, 0.4) is 0 Å². The number of imide groups is 1. The molecule has 122 valence electrons. The molecule has 0 radical (unpaired) electrons. The van der Waals surface area contributed by atoms with Gasteiger partial charge in [-0.3, -0.25) is 14.9 Å². The maximum atomic E-state index is 11.7. The predicted octanol–water partition coefficient (Wildman–Crippen LogP) is 1.36. The summed E-state index contributed by atoms with van der Waals surface area (Å²) in [6.07, 6.45) is 2.66. The third kappa shape index (κ3) is 2.41. The summed E-state index contributed by atoms with van der Waals surface area (Å²) >= 11 is 1.67. The van der Waals surface area contributed by atoms with Crippen LogP contribution in [0.1, 0.15) is 31.4 Å². The molecule has 1 spiro atoms. The van der Waals surface area contributed by atoms with E-state index < -0.39 is 0 Å². The highest BCUT2D eigenvalue weighted by Gasteiger charge is 2.42. The molecule has 2 saturated heterocycles. The summed E-state index contributed by atoms with van der Waals surface area (Å²) in [7, 11) is 1.91. The Morgan fingerprint density at radius 3 is 2.43 bits per heavy atom. The van der Waals surface area contributed by atoms with E-state index in [0.717, 1.165) is 47.1 Å². The molecule has 2 aromatic heterocycles. The highest BCUT2D eigenvalue weighted by Crippen LogP contribution is 2.42. The van der Waals surface area contributed by atoms with Gasteiger partial charge in [-0.15, -0.1) is 0 Å². The monoisotopic (exact) mass is 333 g/mol. The SMILES string of the molecule is Cc1nn(C)c2nc(N3CCC4(CC3)CC(=O)NC(=O)C4)sc12. The van der Waals surface area contributed by atoms with Gasteiger partial charge in [0.15, 0.2) is 10.8 Å². The second-order valence-electron chi connectivity index (χ2n) is 6.67. The van der Waals surface area contributed by atoms with Crippen molar-refractivity contribution in [2.24, 2.45) is 12.5 Å². The Bertz CT molecular complexity index is 748. The quantitative estimate of drug-likeness (QED) is 0.797. The first-order chi connectivity index (χ1) is 11.0. The highest BCUT2D eigenvalue weighted by molar-refractivity contribution is 7.22. The molecule has 0 unspecified atom stereocenters. The van der Waals surface area contributed by atoms with Gasteiger partial charge in [0.1, 0.15) is 0 Å². The van der Waals surface area contributed by atoms with E-state index in [4.69, 9.17) is 4.98 Å². The van der Waals surface area contributed by atoms with Gasteiger partial charge in [-0.05, 0) is 25.2 Å². The average molecular weight is 333 g/mol. The molecule has 2 aliphatic heterocycles. The molecular formula is C15H19N5O2S. The fraction of sp³-hybridized carbons (Fsp3) is 0.600. The Kier molecular flexibility index (Phi) is 3.19. The third-order valence-electron chi connectivity index (χ3n) is 4.98. The Balaban J connectivity index is 1.53. The maximum Gasteiger partial charge on any atom is 0.227 e. The van der Waals surface area contributed by atoms with E-state index in [2.05, 4.69) is 15.3 Å². The molecule has 8 heteroatoms. The molecule has 0 saturated carbocycles. The summed E-state index contributed by atoms with van der Waals surface area (Å²) in [6, 6.07) is 0. The van der Waals surface area contributed by atoms with Gasteiger partial charge in [-0.2, -0.15) is 5.10 Å². The number of rotatable bonds is 1. The number of carbonyl (C=O) groups excluding carboxylic acids is 2. The summed E-state index contributed by atoms with van der Waals surface area (Å²) in [5, 5.41) is 7.81. The van der Waals surface area contributed by atoms with E-state index in [9.17, 15) is 9.59 Å². The number of aromatic nitrogens is 3.